The molecule has 0 saturated carbocycles. The molecule has 0 saturated heterocycles. The van der Waals surface area contributed by atoms with Crippen molar-refractivity contribution in [2.45, 2.75) is 19.8 Å². The minimum Gasteiger partial charge on any atom is -0.508 e. The van der Waals surface area contributed by atoms with Crippen LogP contribution in [0.3, 0.4) is 0 Å². The maximum Gasteiger partial charge on any atom is 0.232 e. The van der Waals surface area contributed by atoms with Gasteiger partial charge in [-0.3, -0.25) is 4.79 Å². The fraction of sp³-hybridized carbons (Fsp3) is 0.167. The topological polar surface area (TPSA) is 53.4 Å². The van der Waals surface area contributed by atoms with Crippen molar-refractivity contribution in [1.82, 2.24) is 4.98 Å². The number of phenolic OH excluding ortho intramolecular Hbond substituents is 1. The van der Waals surface area contributed by atoms with E-state index in [4.69, 9.17) is 4.98 Å². The van der Waals surface area contributed by atoms with Crippen molar-refractivity contribution < 1.29 is 9.90 Å². The number of thiazole rings is 1. The zero-order valence-corrected chi connectivity index (χ0v) is 17.2. The molecule has 5 heteroatoms. The summed E-state index contributed by atoms with van der Waals surface area (Å²) in [6, 6.07) is 21.3. The van der Waals surface area contributed by atoms with Gasteiger partial charge in [-0.15, -0.1) is 11.3 Å². The summed E-state index contributed by atoms with van der Waals surface area (Å²) < 4.78 is 0. The van der Waals surface area contributed by atoms with E-state index in [0.717, 1.165) is 27.7 Å². The quantitative estimate of drug-likeness (QED) is 0.505. The van der Waals surface area contributed by atoms with Gasteiger partial charge in [0.1, 0.15) is 5.75 Å². The number of benzene rings is 3. The maximum absolute atomic E-state index is 12.7. The second-order valence-corrected chi connectivity index (χ2v) is 8.25. The number of fused-ring (bicyclic) bond motifs is 1. The van der Waals surface area contributed by atoms with E-state index in [0.29, 0.717) is 6.42 Å². The van der Waals surface area contributed by atoms with Gasteiger partial charge in [0.15, 0.2) is 0 Å². The molecule has 0 atom stereocenters. The summed E-state index contributed by atoms with van der Waals surface area (Å²) in [7, 11) is 1.75. The minimum absolute atomic E-state index is 0.000786. The molecule has 0 fully saturated rings. The van der Waals surface area contributed by atoms with Crippen LogP contribution in [0.4, 0.5) is 5.69 Å². The summed E-state index contributed by atoms with van der Waals surface area (Å²) >= 11 is 1.61. The lowest BCUT2D eigenvalue weighted by molar-refractivity contribution is -0.117. The smallest absolute Gasteiger partial charge is 0.232 e. The number of carbonyl (C=O) groups is 1. The Bertz CT molecular complexity index is 1160. The first-order chi connectivity index (χ1) is 14.0. The van der Waals surface area contributed by atoms with Crippen molar-refractivity contribution in [2.24, 2.45) is 0 Å². The third-order valence-corrected chi connectivity index (χ3v) is 6.24. The standard InChI is InChI=1S/C24H22N2O2S/c1-16-22(15-24(28)26(2)19-10-12-20(27)13-11-19)29-23(25-16)14-18-8-5-7-17-6-3-4-9-21(17)18/h3-13,27H,14-15H2,1-2H3. The maximum atomic E-state index is 12.7. The first-order valence-corrected chi connectivity index (χ1v) is 10.3. The number of phenols is 1. The molecule has 0 unspecified atom stereocenters. The molecule has 4 aromatic rings. The summed E-state index contributed by atoms with van der Waals surface area (Å²) in [4.78, 5) is 20.1. The Balaban J connectivity index is 1.52. The van der Waals surface area contributed by atoms with Crippen LogP contribution < -0.4 is 4.90 Å². The summed E-state index contributed by atoms with van der Waals surface area (Å²) in [5.74, 6) is 0.185. The lowest BCUT2D eigenvalue weighted by Gasteiger charge is -2.17. The Labute approximate surface area is 174 Å². The van der Waals surface area contributed by atoms with Gasteiger partial charge in [0.2, 0.25) is 5.91 Å². The zero-order chi connectivity index (χ0) is 20.4. The molecule has 0 aliphatic heterocycles. The van der Waals surface area contributed by atoms with Crippen LogP contribution in [0.15, 0.2) is 66.7 Å². The van der Waals surface area contributed by atoms with Gasteiger partial charge in [0.05, 0.1) is 17.1 Å². The van der Waals surface area contributed by atoms with Crippen molar-refractivity contribution in [3.05, 3.63) is 87.9 Å². The van der Waals surface area contributed by atoms with Gasteiger partial charge in [-0.2, -0.15) is 0 Å². The molecule has 1 N–H and O–H groups in total. The molecule has 1 aromatic heterocycles. The Kier molecular flexibility index (Phi) is 5.32. The fourth-order valence-corrected chi connectivity index (χ4v) is 4.50. The van der Waals surface area contributed by atoms with E-state index in [1.165, 1.54) is 16.3 Å². The first-order valence-electron chi connectivity index (χ1n) is 9.48. The predicted octanol–water partition coefficient (Wildman–Crippen LogP) is 5.11. The van der Waals surface area contributed by atoms with E-state index >= 15 is 0 Å². The summed E-state index contributed by atoms with van der Waals surface area (Å²) in [5.41, 5.74) is 2.92. The molecular weight excluding hydrogens is 380 g/mol. The molecule has 4 nitrogen and oxygen atoms in total. The Morgan fingerprint density at radius 2 is 1.76 bits per heavy atom. The number of rotatable bonds is 5. The highest BCUT2D eigenvalue weighted by atomic mass is 32.1. The van der Waals surface area contributed by atoms with Gasteiger partial charge in [-0.25, -0.2) is 4.98 Å². The molecular formula is C24H22N2O2S. The fourth-order valence-electron chi connectivity index (χ4n) is 3.41. The molecule has 0 aliphatic carbocycles. The molecule has 29 heavy (non-hydrogen) atoms. The van der Waals surface area contributed by atoms with Crippen LogP contribution in [-0.2, 0) is 17.6 Å². The summed E-state index contributed by atoms with van der Waals surface area (Å²) in [6.07, 6.45) is 1.07. The van der Waals surface area contributed by atoms with Gasteiger partial charge in [-0.1, -0.05) is 42.5 Å². The van der Waals surface area contributed by atoms with Crippen molar-refractivity contribution >= 4 is 33.7 Å². The van der Waals surface area contributed by atoms with Gasteiger partial charge in [0, 0.05) is 24.0 Å². The number of nitrogens with zero attached hydrogens (tertiary/aromatic N) is 2. The average molecular weight is 403 g/mol. The van der Waals surface area contributed by atoms with E-state index in [-0.39, 0.29) is 11.7 Å². The van der Waals surface area contributed by atoms with Gasteiger partial charge in [-0.05, 0) is 47.5 Å². The SMILES string of the molecule is Cc1nc(Cc2cccc3ccccc23)sc1CC(=O)N(C)c1ccc(O)cc1. The molecule has 4 rings (SSSR count). The second-order valence-electron chi connectivity index (χ2n) is 7.08. The van der Waals surface area contributed by atoms with Crippen molar-refractivity contribution in [1.29, 1.82) is 0 Å². The van der Waals surface area contributed by atoms with Crippen molar-refractivity contribution in [3.63, 3.8) is 0 Å². The molecule has 1 heterocycles. The number of anilines is 1. The number of amides is 1. The number of hydrogen-bond donors (Lipinski definition) is 1. The Morgan fingerprint density at radius 3 is 2.55 bits per heavy atom. The zero-order valence-electron chi connectivity index (χ0n) is 16.4. The lowest BCUT2D eigenvalue weighted by Crippen LogP contribution is -2.27. The van der Waals surface area contributed by atoms with Crippen LogP contribution in [0.2, 0.25) is 0 Å². The number of aromatic nitrogens is 1. The monoisotopic (exact) mass is 402 g/mol. The van der Waals surface area contributed by atoms with E-state index in [1.54, 1.807) is 47.5 Å². The summed E-state index contributed by atoms with van der Waals surface area (Å²) in [5, 5.41) is 12.9. The second kappa shape index (κ2) is 8.05. The molecule has 0 spiro atoms. The van der Waals surface area contributed by atoms with Crippen molar-refractivity contribution in [2.75, 3.05) is 11.9 Å². The molecule has 0 bridgehead atoms. The van der Waals surface area contributed by atoms with Crippen LogP contribution in [0.1, 0.15) is 21.1 Å². The normalized spacial score (nSPS) is 11.0. The number of hydrogen-bond acceptors (Lipinski definition) is 4. The molecule has 146 valence electrons. The van der Waals surface area contributed by atoms with Gasteiger partial charge < -0.3 is 10.0 Å². The molecule has 3 aromatic carbocycles. The average Bonchev–Trinajstić information content (AvgIpc) is 3.07. The van der Waals surface area contributed by atoms with Crippen molar-refractivity contribution in [3.8, 4) is 5.75 Å². The van der Waals surface area contributed by atoms with E-state index < -0.39 is 0 Å². The van der Waals surface area contributed by atoms with Crippen LogP contribution >= 0.6 is 11.3 Å². The third-order valence-electron chi connectivity index (χ3n) is 5.08. The number of carbonyl (C=O) groups excluding carboxylic acids is 1. The van der Waals surface area contributed by atoms with Crippen LogP contribution in [0.5, 0.6) is 5.75 Å². The largest absolute Gasteiger partial charge is 0.508 e. The van der Waals surface area contributed by atoms with E-state index in [2.05, 4.69) is 36.4 Å². The molecule has 1 amide bonds. The number of aryl methyl sites for hydroxylation is 1. The number of likely N-dealkylation sites (N-methyl/N-ethyl adjacent to an activating group) is 1. The first kappa shape index (κ1) is 19.2. The highest BCUT2D eigenvalue weighted by Crippen LogP contribution is 2.26. The van der Waals surface area contributed by atoms with Gasteiger partial charge in [0.25, 0.3) is 0 Å². The van der Waals surface area contributed by atoms with E-state index in [9.17, 15) is 9.90 Å². The molecule has 0 aliphatic rings. The highest BCUT2D eigenvalue weighted by molar-refractivity contribution is 7.11. The van der Waals surface area contributed by atoms with Crippen LogP contribution in [0.25, 0.3) is 10.8 Å². The van der Waals surface area contributed by atoms with Gasteiger partial charge >= 0.3 is 0 Å². The predicted molar refractivity (Wildman–Crippen MR) is 119 cm³/mol. The Hall–Kier alpha value is -3.18. The highest BCUT2D eigenvalue weighted by Gasteiger charge is 2.17. The summed E-state index contributed by atoms with van der Waals surface area (Å²) in [6.45, 7) is 1.96. The van der Waals surface area contributed by atoms with Crippen LogP contribution in [-0.4, -0.2) is 23.0 Å². The Morgan fingerprint density at radius 1 is 1.03 bits per heavy atom. The lowest BCUT2D eigenvalue weighted by atomic mass is 10.0. The van der Waals surface area contributed by atoms with Crippen LogP contribution in [0, 0.1) is 6.92 Å². The minimum atomic E-state index is -0.000786. The molecule has 0 radical (unpaired) electrons. The number of aromatic hydroxyl groups is 1. The van der Waals surface area contributed by atoms with E-state index in [1.807, 2.05) is 13.0 Å². The third kappa shape index (κ3) is 4.15.